The van der Waals surface area contributed by atoms with Gasteiger partial charge in [0.1, 0.15) is 6.54 Å². The van der Waals surface area contributed by atoms with Gasteiger partial charge in [0.05, 0.1) is 0 Å². The van der Waals surface area contributed by atoms with Gasteiger partial charge in [-0.3, -0.25) is 4.79 Å². The number of hydrogen-bond acceptors (Lipinski definition) is 2. The molecular weight excluding hydrogens is 244 g/mol. The van der Waals surface area contributed by atoms with Crippen LogP contribution in [0.5, 0.6) is 0 Å². The number of carbonyl (C=O) groups excluding carboxylic acids is 1. The van der Waals surface area contributed by atoms with Crippen molar-refractivity contribution in [3.63, 3.8) is 0 Å². The van der Waals surface area contributed by atoms with Crippen LogP contribution in [0.1, 0.15) is 46.5 Å². The molecule has 1 N–H and O–H groups in total. The van der Waals surface area contributed by atoms with Crippen molar-refractivity contribution in [1.82, 2.24) is 9.80 Å². The van der Waals surface area contributed by atoms with E-state index in [1.807, 2.05) is 0 Å². The first-order valence-corrected chi connectivity index (χ1v) is 6.94. The fraction of sp³-hybridized carbons (Fsp3) is 0.857. The van der Waals surface area contributed by atoms with Gasteiger partial charge in [-0.05, 0) is 18.3 Å². The van der Waals surface area contributed by atoms with Crippen LogP contribution in [0.3, 0.4) is 0 Å². The summed E-state index contributed by atoms with van der Waals surface area (Å²) in [5, 5.41) is 9.00. The van der Waals surface area contributed by atoms with Gasteiger partial charge in [-0.15, -0.1) is 0 Å². The zero-order valence-electron chi connectivity index (χ0n) is 12.5. The van der Waals surface area contributed by atoms with Gasteiger partial charge >= 0.3 is 12.0 Å². The van der Waals surface area contributed by atoms with Gasteiger partial charge in [-0.1, -0.05) is 33.6 Å². The third-order valence-corrected chi connectivity index (χ3v) is 3.35. The largest absolute Gasteiger partial charge is 0.480 e. The zero-order chi connectivity index (χ0) is 14.6. The molecule has 1 aliphatic carbocycles. The highest BCUT2D eigenvalue weighted by Crippen LogP contribution is 2.25. The number of hydrogen-bond donors (Lipinski definition) is 1. The van der Waals surface area contributed by atoms with Gasteiger partial charge in [0, 0.05) is 19.6 Å². The van der Waals surface area contributed by atoms with Crippen LogP contribution in [0, 0.1) is 5.41 Å². The van der Waals surface area contributed by atoms with Gasteiger partial charge in [-0.25, -0.2) is 4.79 Å². The Kier molecular flexibility index (Phi) is 5.20. The Hall–Kier alpha value is -1.26. The van der Waals surface area contributed by atoms with Crippen molar-refractivity contribution in [3.05, 3.63) is 0 Å². The highest BCUT2D eigenvalue weighted by atomic mass is 16.4. The van der Waals surface area contributed by atoms with Crippen LogP contribution in [0.15, 0.2) is 0 Å². The number of nitrogens with zero attached hydrogens (tertiary/aromatic N) is 2. The maximum Gasteiger partial charge on any atom is 0.323 e. The van der Waals surface area contributed by atoms with Gasteiger partial charge in [-0.2, -0.15) is 0 Å². The minimum absolute atomic E-state index is 0.00891. The average molecular weight is 270 g/mol. The normalized spacial score (nSPS) is 16.4. The van der Waals surface area contributed by atoms with E-state index in [4.69, 9.17) is 5.11 Å². The Morgan fingerprint density at radius 2 is 1.74 bits per heavy atom. The first-order chi connectivity index (χ1) is 8.70. The van der Waals surface area contributed by atoms with E-state index >= 15 is 0 Å². The SMILES string of the molecule is CN(CC(C)(C)C)C(=O)N(CC(=O)O)C1CCCC1. The molecule has 0 radical (unpaired) electrons. The highest BCUT2D eigenvalue weighted by Gasteiger charge is 2.31. The van der Waals surface area contributed by atoms with Crippen LogP contribution in [0.2, 0.25) is 0 Å². The third kappa shape index (κ3) is 5.09. The van der Waals surface area contributed by atoms with E-state index in [2.05, 4.69) is 20.8 Å². The molecule has 1 rings (SSSR count). The van der Waals surface area contributed by atoms with Crippen LogP contribution in [0.25, 0.3) is 0 Å². The predicted molar refractivity (Wildman–Crippen MR) is 74.1 cm³/mol. The molecule has 1 saturated carbocycles. The van der Waals surface area contributed by atoms with E-state index in [0.717, 1.165) is 25.7 Å². The van der Waals surface area contributed by atoms with E-state index in [0.29, 0.717) is 6.54 Å². The van der Waals surface area contributed by atoms with Gasteiger partial charge in [0.2, 0.25) is 0 Å². The number of urea groups is 1. The summed E-state index contributed by atoms with van der Waals surface area (Å²) in [5.41, 5.74) is 0.00891. The van der Waals surface area contributed by atoms with Crippen LogP contribution in [-0.4, -0.2) is 53.1 Å². The summed E-state index contributed by atoms with van der Waals surface area (Å²) in [7, 11) is 1.75. The molecule has 5 nitrogen and oxygen atoms in total. The molecule has 0 aromatic rings. The summed E-state index contributed by atoms with van der Waals surface area (Å²) in [6.45, 7) is 6.61. The Labute approximate surface area is 115 Å². The number of carboxylic acids is 1. The molecule has 0 bridgehead atoms. The van der Waals surface area contributed by atoms with Crippen molar-refractivity contribution in [3.8, 4) is 0 Å². The molecule has 0 spiro atoms. The lowest BCUT2D eigenvalue weighted by Gasteiger charge is -2.34. The van der Waals surface area contributed by atoms with Crippen molar-refractivity contribution in [2.75, 3.05) is 20.1 Å². The van der Waals surface area contributed by atoms with Crippen LogP contribution >= 0.6 is 0 Å². The third-order valence-electron chi connectivity index (χ3n) is 3.35. The second-order valence-corrected chi connectivity index (χ2v) is 6.66. The molecule has 0 saturated heterocycles. The Morgan fingerprint density at radius 1 is 1.21 bits per heavy atom. The fourth-order valence-corrected chi connectivity index (χ4v) is 2.71. The van der Waals surface area contributed by atoms with E-state index in [9.17, 15) is 9.59 Å². The van der Waals surface area contributed by atoms with E-state index < -0.39 is 5.97 Å². The van der Waals surface area contributed by atoms with Crippen molar-refractivity contribution < 1.29 is 14.7 Å². The number of rotatable bonds is 4. The Balaban J connectivity index is 2.72. The first kappa shape index (κ1) is 15.8. The molecule has 0 aromatic heterocycles. The van der Waals surface area contributed by atoms with Crippen LogP contribution in [-0.2, 0) is 4.79 Å². The van der Waals surface area contributed by atoms with Crippen molar-refractivity contribution in [2.45, 2.75) is 52.5 Å². The minimum atomic E-state index is -0.940. The Bertz CT molecular complexity index is 330. The summed E-state index contributed by atoms with van der Waals surface area (Å²) < 4.78 is 0. The maximum absolute atomic E-state index is 12.4. The standard InChI is InChI=1S/C14H26N2O3/c1-14(2,3)10-15(4)13(19)16(9-12(17)18)11-7-5-6-8-11/h11H,5-10H2,1-4H3,(H,17,18). The van der Waals surface area contributed by atoms with Crippen molar-refractivity contribution in [1.29, 1.82) is 0 Å². The summed E-state index contributed by atoms with van der Waals surface area (Å²) in [6, 6.07) is -0.0738. The molecule has 0 unspecified atom stereocenters. The second kappa shape index (κ2) is 6.26. The topological polar surface area (TPSA) is 60.9 Å². The summed E-state index contributed by atoms with van der Waals surface area (Å²) in [6.07, 6.45) is 4.00. The second-order valence-electron chi connectivity index (χ2n) is 6.66. The monoisotopic (exact) mass is 270 g/mol. The van der Waals surface area contributed by atoms with Crippen molar-refractivity contribution in [2.24, 2.45) is 5.41 Å². The Morgan fingerprint density at radius 3 is 2.16 bits per heavy atom. The molecule has 0 atom stereocenters. The summed E-state index contributed by atoms with van der Waals surface area (Å²) in [4.78, 5) is 26.6. The number of amides is 2. The molecule has 1 aliphatic rings. The quantitative estimate of drug-likeness (QED) is 0.853. The number of aliphatic carboxylic acids is 1. The fourth-order valence-electron chi connectivity index (χ4n) is 2.71. The first-order valence-electron chi connectivity index (χ1n) is 6.94. The predicted octanol–water partition coefficient (Wildman–Crippen LogP) is 2.41. The maximum atomic E-state index is 12.4. The number of carbonyl (C=O) groups is 2. The van der Waals surface area contributed by atoms with Gasteiger partial charge in [0.15, 0.2) is 0 Å². The van der Waals surface area contributed by atoms with Crippen molar-refractivity contribution >= 4 is 12.0 Å². The highest BCUT2D eigenvalue weighted by molar-refractivity contribution is 5.80. The minimum Gasteiger partial charge on any atom is -0.480 e. The van der Waals surface area contributed by atoms with Gasteiger partial charge < -0.3 is 14.9 Å². The molecule has 0 aromatic carbocycles. The lowest BCUT2D eigenvalue weighted by molar-refractivity contribution is -0.138. The smallest absolute Gasteiger partial charge is 0.323 e. The molecule has 2 amide bonds. The van der Waals surface area contributed by atoms with Crippen LogP contribution in [0.4, 0.5) is 4.79 Å². The lowest BCUT2D eigenvalue weighted by atomic mass is 9.96. The molecule has 110 valence electrons. The summed E-state index contributed by atoms with van der Waals surface area (Å²) >= 11 is 0. The van der Waals surface area contributed by atoms with E-state index in [1.165, 1.54) is 4.90 Å². The summed E-state index contributed by atoms with van der Waals surface area (Å²) in [5.74, 6) is -0.940. The van der Waals surface area contributed by atoms with E-state index in [-0.39, 0.29) is 24.0 Å². The number of carboxylic acid groups (broad SMARTS) is 1. The lowest BCUT2D eigenvalue weighted by Crippen LogP contribution is -2.49. The van der Waals surface area contributed by atoms with E-state index in [1.54, 1.807) is 11.9 Å². The average Bonchev–Trinajstić information content (AvgIpc) is 2.75. The van der Waals surface area contributed by atoms with Crippen LogP contribution < -0.4 is 0 Å². The molecule has 0 aliphatic heterocycles. The molecule has 0 heterocycles. The molecule has 5 heteroatoms. The molecular formula is C14H26N2O3. The molecule has 19 heavy (non-hydrogen) atoms. The van der Waals surface area contributed by atoms with Gasteiger partial charge in [0.25, 0.3) is 0 Å². The molecule has 1 fully saturated rings. The zero-order valence-corrected chi connectivity index (χ0v) is 12.5.